The van der Waals surface area contributed by atoms with Gasteiger partial charge in [-0.1, -0.05) is 47.9 Å². The van der Waals surface area contributed by atoms with Gasteiger partial charge in [0.15, 0.2) is 0 Å². The summed E-state index contributed by atoms with van der Waals surface area (Å²) in [6.07, 6.45) is 2.57. The summed E-state index contributed by atoms with van der Waals surface area (Å²) in [6.45, 7) is 7.20. The Balaban J connectivity index is 1.79. The first kappa shape index (κ1) is 21.1. The fourth-order valence-corrected chi connectivity index (χ4v) is 3.26. The lowest BCUT2D eigenvalue weighted by molar-refractivity contribution is -0.136. The third-order valence-electron chi connectivity index (χ3n) is 4.85. The molecule has 0 unspecified atom stereocenters. The highest BCUT2D eigenvalue weighted by Crippen LogP contribution is 2.26. The number of nitrogens with zero attached hydrogens (tertiary/aromatic N) is 3. The van der Waals surface area contributed by atoms with Crippen LogP contribution < -0.4 is 10.2 Å². The number of hydrogen-bond donors (Lipinski definition) is 1. The van der Waals surface area contributed by atoms with Crippen molar-refractivity contribution in [1.82, 2.24) is 15.5 Å². The molecule has 0 aliphatic carbocycles. The van der Waals surface area contributed by atoms with Gasteiger partial charge in [-0.15, -0.1) is 0 Å². The third-order valence-corrected chi connectivity index (χ3v) is 5.24. The Morgan fingerprint density at radius 3 is 2.62 bits per heavy atom. The highest BCUT2D eigenvalue weighted by molar-refractivity contribution is 6.33. The Bertz CT molecular complexity index is 912. The Morgan fingerprint density at radius 1 is 1.31 bits per heavy atom. The molecule has 2 heterocycles. The number of carbonyl (C=O) groups excluding carboxylic acids is 1. The van der Waals surface area contributed by atoms with E-state index >= 15 is 0 Å². The number of aromatic nitrogens is 2. The normalized spacial score (nSPS) is 15.9. The highest BCUT2D eigenvalue weighted by atomic mass is 35.5. The molecule has 1 aliphatic heterocycles. The Morgan fingerprint density at radius 2 is 2.00 bits per heavy atom. The maximum absolute atomic E-state index is 11.7. The van der Waals surface area contributed by atoms with Crippen molar-refractivity contribution in [2.24, 2.45) is 0 Å². The average Bonchev–Trinajstić information content (AvgIpc) is 3.27. The molecule has 7 nitrogen and oxygen atoms in total. The molecule has 0 saturated carbocycles. The van der Waals surface area contributed by atoms with Crippen LogP contribution in [0.25, 0.3) is 17.0 Å². The first-order valence-electron chi connectivity index (χ1n) is 9.59. The van der Waals surface area contributed by atoms with Crippen LogP contribution in [0.1, 0.15) is 25.8 Å². The molecule has 154 valence electrons. The van der Waals surface area contributed by atoms with Crippen molar-refractivity contribution >= 4 is 29.2 Å². The summed E-state index contributed by atoms with van der Waals surface area (Å²) in [5, 5.41) is 7.79. The standard InChI is InChI=1S/C21H25ClN4O3/c1-4-15(13-18(22)14(2)20(27)28-3)16-5-7-17(8-6-16)19-24-21(29-25-19)26-11-9-23-10-12-26/h5-8,13,23H,4,9-12H2,1-3H3/b15-13+,18-14-. The number of methoxy groups -OCH3 is 1. The van der Waals surface area contributed by atoms with Crippen molar-refractivity contribution in [2.45, 2.75) is 20.3 Å². The minimum Gasteiger partial charge on any atom is -0.466 e. The summed E-state index contributed by atoms with van der Waals surface area (Å²) >= 11 is 6.29. The van der Waals surface area contributed by atoms with Crippen molar-refractivity contribution in [3.05, 3.63) is 46.5 Å². The molecule has 0 amide bonds. The maximum Gasteiger partial charge on any atom is 0.334 e. The minimum absolute atomic E-state index is 0.372. The summed E-state index contributed by atoms with van der Waals surface area (Å²) < 4.78 is 10.2. The van der Waals surface area contributed by atoms with Gasteiger partial charge < -0.3 is 19.5 Å². The molecule has 0 atom stereocenters. The van der Waals surface area contributed by atoms with Crippen LogP contribution in [0.2, 0.25) is 0 Å². The molecule has 1 aromatic carbocycles. The predicted molar refractivity (Wildman–Crippen MR) is 114 cm³/mol. The van der Waals surface area contributed by atoms with E-state index in [1.807, 2.05) is 31.2 Å². The number of nitrogens with one attached hydrogen (secondary N) is 1. The maximum atomic E-state index is 11.7. The van der Waals surface area contributed by atoms with Gasteiger partial charge in [0.05, 0.1) is 17.7 Å². The molecule has 1 aliphatic rings. The molecular formula is C21H25ClN4O3. The van der Waals surface area contributed by atoms with Crippen molar-refractivity contribution in [2.75, 3.05) is 38.2 Å². The molecule has 0 radical (unpaired) electrons. The Hall–Kier alpha value is -2.64. The molecule has 1 saturated heterocycles. The first-order chi connectivity index (χ1) is 14.0. The van der Waals surface area contributed by atoms with Gasteiger partial charge in [0.25, 0.3) is 0 Å². The topological polar surface area (TPSA) is 80.5 Å². The van der Waals surface area contributed by atoms with E-state index in [0.29, 0.717) is 22.4 Å². The van der Waals surface area contributed by atoms with E-state index in [0.717, 1.165) is 49.3 Å². The van der Waals surface area contributed by atoms with Crippen molar-refractivity contribution in [3.63, 3.8) is 0 Å². The van der Waals surface area contributed by atoms with Gasteiger partial charge in [-0.25, -0.2) is 4.79 Å². The molecule has 0 spiro atoms. The Labute approximate surface area is 175 Å². The quantitative estimate of drug-likeness (QED) is 0.437. The fourth-order valence-electron chi connectivity index (χ4n) is 3.05. The number of esters is 1. The molecule has 2 aromatic rings. The summed E-state index contributed by atoms with van der Waals surface area (Å²) in [7, 11) is 1.34. The highest BCUT2D eigenvalue weighted by Gasteiger charge is 2.17. The number of carbonyl (C=O) groups is 1. The lowest BCUT2D eigenvalue weighted by Gasteiger charge is -2.24. The van der Waals surface area contributed by atoms with Crippen LogP contribution in [0, 0.1) is 0 Å². The van der Waals surface area contributed by atoms with E-state index < -0.39 is 5.97 Å². The van der Waals surface area contributed by atoms with Gasteiger partial charge in [0.2, 0.25) is 5.82 Å². The van der Waals surface area contributed by atoms with Crippen LogP contribution in [0.5, 0.6) is 0 Å². The number of hydrogen-bond acceptors (Lipinski definition) is 7. The van der Waals surface area contributed by atoms with Crippen LogP contribution in [0.4, 0.5) is 6.01 Å². The van der Waals surface area contributed by atoms with Gasteiger partial charge >= 0.3 is 12.0 Å². The smallest absolute Gasteiger partial charge is 0.334 e. The molecule has 1 fully saturated rings. The van der Waals surface area contributed by atoms with E-state index in [2.05, 4.69) is 20.4 Å². The van der Waals surface area contributed by atoms with E-state index in [1.165, 1.54) is 7.11 Å². The van der Waals surface area contributed by atoms with Crippen LogP contribution in [-0.4, -0.2) is 49.4 Å². The summed E-state index contributed by atoms with van der Waals surface area (Å²) in [4.78, 5) is 18.3. The van der Waals surface area contributed by atoms with Crippen LogP contribution in [0.15, 0.2) is 45.5 Å². The number of ether oxygens (including phenoxy) is 1. The lowest BCUT2D eigenvalue weighted by Crippen LogP contribution is -2.43. The number of piperazine rings is 1. The lowest BCUT2D eigenvalue weighted by atomic mass is 10.0. The zero-order valence-corrected chi connectivity index (χ0v) is 17.6. The second-order valence-corrected chi connectivity index (χ2v) is 7.11. The minimum atomic E-state index is -0.436. The summed E-state index contributed by atoms with van der Waals surface area (Å²) in [5.74, 6) is 0.126. The second kappa shape index (κ2) is 9.71. The monoisotopic (exact) mass is 416 g/mol. The van der Waals surface area contributed by atoms with Gasteiger partial charge in [-0.05, 0) is 30.6 Å². The van der Waals surface area contributed by atoms with E-state index in [4.69, 9.17) is 20.9 Å². The van der Waals surface area contributed by atoms with E-state index in [-0.39, 0.29) is 0 Å². The summed E-state index contributed by atoms with van der Waals surface area (Å²) in [5.41, 5.74) is 3.28. The second-order valence-electron chi connectivity index (χ2n) is 6.70. The summed E-state index contributed by atoms with van der Waals surface area (Å²) in [6, 6.07) is 8.44. The number of allylic oxidation sites excluding steroid dienone is 3. The van der Waals surface area contributed by atoms with Gasteiger partial charge in [0, 0.05) is 31.7 Å². The van der Waals surface area contributed by atoms with Crippen molar-refractivity contribution in [1.29, 1.82) is 0 Å². The van der Waals surface area contributed by atoms with E-state index in [9.17, 15) is 4.79 Å². The number of halogens is 1. The SMILES string of the molecule is CC/C(=C\C(Cl)=C(/C)C(=O)OC)c1ccc(-c2noc(N3CCNCC3)n2)cc1. The van der Waals surface area contributed by atoms with Crippen LogP contribution in [-0.2, 0) is 9.53 Å². The zero-order chi connectivity index (χ0) is 20.8. The average molecular weight is 417 g/mol. The largest absolute Gasteiger partial charge is 0.466 e. The third kappa shape index (κ3) is 5.05. The molecule has 0 bridgehead atoms. The molecule has 1 aromatic heterocycles. The van der Waals surface area contributed by atoms with E-state index in [1.54, 1.807) is 13.0 Å². The molecule has 8 heteroatoms. The fraction of sp³-hybridized carbons (Fsp3) is 0.381. The zero-order valence-electron chi connectivity index (χ0n) is 16.9. The first-order valence-corrected chi connectivity index (χ1v) is 9.96. The number of anilines is 1. The van der Waals surface area contributed by atoms with Crippen LogP contribution >= 0.6 is 11.6 Å². The van der Waals surface area contributed by atoms with Gasteiger partial charge in [-0.2, -0.15) is 4.98 Å². The van der Waals surface area contributed by atoms with Crippen molar-refractivity contribution < 1.29 is 14.1 Å². The van der Waals surface area contributed by atoms with Gasteiger partial charge in [-0.3, -0.25) is 0 Å². The van der Waals surface area contributed by atoms with Crippen molar-refractivity contribution in [3.8, 4) is 11.4 Å². The molecule has 29 heavy (non-hydrogen) atoms. The predicted octanol–water partition coefficient (Wildman–Crippen LogP) is 3.63. The molecular weight excluding hydrogens is 392 g/mol. The molecule has 3 rings (SSSR count). The van der Waals surface area contributed by atoms with Crippen LogP contribution in [0.3, 0.4) is 0 Å². The Kier molecular flexibility index (Phi) is 7.06. The number of benzene rings is 1. The molecule has 1 N–H and O–H groups in total. The number of rotatable bonds is 6. The van der Waals surface area contributed by atoms with Gasteiger partial charge in [0.1, 0.15) is 0 Å².